The molecule has 0 radical (unpaired) electrons. The zero-order valence-electron chi connectivity index (χ0n) is 9.82. The number of hydrogen-bond donors (Lipinski definition) is 1. The largest absolute Gasteiger partial charge is 0.348 e. The number of carbonyl (C=O) groups is 1. The molecule has 1 aliphatic heterocycles. The molecule has 0 unspecified atom stereocenters. The standard InChI is InChI=1S/C12H16IN3O/c1-16-7-5-9(6-8-16)14-12(17)10-3-2-4-11(13)15-10/h2-4,9H,5-8H2,1H3,(H,14,17). The molecule has 4 nitrogen and oxygen atoms in total. The van der Waals surface area contributed by atoms with Crippen LogP contribution in [0.1, 0.15) is 23.3 Å². The molecule has 92 valence electrons. The van der Waals surface area contributed by atoms with Crippen molar-refractivity contribution in [3.8, 4) is 0 Å². The topological polar surface area (TPSA) is 45.2 Å². The molecular weight excluding hydrogens is 329 g/mol. The molecule has 2 heterocycles. The highest BCUT2D eigenvalue weighted by atomic mass is 127. The van der Waals surface area contributed by atoms with Crippen LogP contribution in [0.4, 0.5) is 0 Å². The maximum absolute atomic E-state index is 12.0. The van der Waals surface area contributed by atoms with Gasteiger partial charge in [0.1, 0.15) is 9.39 Å². The van der Waals surface area contributed by atoms with Crippen LogP contribution in [0, 0.1) is 3.70 Å². The maximum Gasteiger partial charge on any atom is 0.270 e. The number of rotatable bonds is 2. The second-order valence-corrected chi connectivity index (χ2v) is 5.50. The number of nitrogens with zero attached hydrogens (tertiary/aromatic N) is 2. The van der Waals surface area contributed by atoms with Crippen molar-refractivity contribution in [3.05, 3.63) is 27.6 Å². The fourth-order valence-corrected chi connectivity index (χ4v) is 2.41. The summed E-state index contributed by atoms with van der Waals surface area (Å²) in [4.78, 5) is 18.5. The number of pyridine rings is 1. The predicted molar refractivity (Wildman–Crippen MR) is 74.9 cm³/mol. The lowest BCUT2D eigenvalue weighted by atomic mass is 10.1. The van der Waals surface area contributed by atoms with Crippen LogP contribution in [0.3, 0.4) is 0 Å². The molecule has 1 aliphatic rings. The first-order valence-corrected chi connectivity index (χ1v) is 6.85. The Bertz CT molecular complexity index is 402. The first-order valence-electron chi connectivity index (χ1n) is 5.77. The summed E-state index contributed by atoms with van der Waals surface area (Å²) < 4.78 is 0.846. The van der Waals surface area contributed by atoms with E-state index in [0.29, 0.717) is 11.7 Å². The van der Waals surface area contributed by atoms with Crippen LogP contribution in [-0.2, 0) is 0 Å². The molecule has 1 fully saturated rings. The SMILES string of the molecule is CN1CCC(NC(=O)c2cccc(I)n2)CC1. The van der Waals surface area contributed by atoms with Gasteiger partial charge in [-0.1, -0.05) is 6.07 Å². The Morgan fingerprint density at radius 1 is 1.47 bits per heavy atom. The third kappa shape index (κ3) is 3.64. The van der Waals surface area contributed by atoms with E-state index in [2.05, 4.69) is 44.8 Å². The second kappa shape index (κ2) is 5.77. The third-order valence-electron chi connectivity index (χ3n) is 3.00. The van der Waals surface area contributed by atoms with Crippen LogP contribution < -0.4 is 5.32 Å². The van der Waals surface area contributed by atoms with Crippen LogP contribution >= 0.6 is 22.6 Å². The number of nitrogens with one attached hydrogen (secondary N) is 1. The Balaban J connectivity index is 1.93. The molecule has 0 bridgehead atoms. The van der Waals surface area contributed by atoms with E-state index in [1.165, 1.54) is 0 Å². The van der Waals surface area contributed by atoms with Gasteiger partial charge < -0.3 is 10.2 Å². The van der Waals surface area contributed by atoms with E-state index in [1.807, 2.05) is 12.1 Å². The lowest BCUT2D eigenvalue weighted by Crippen LogP contribution is -2.43. The summed E-state index contributed by atoms with van der Waals surface area (Å²) in [7, 11) is 2.11. The number of piperidine rings is 1. The summed E-state index contributed by atoms with van der Waals surface area (Å²) in [6, 6.07) is 5.79. The van der Waals surface area contributed by atoms with Crippen molar-refractivity contribution in [3.63, 3.8) is 0 Å². The van der Waals surface area contributed by atoms with Crippen molar-refractivity contribution >= 4 is 28.5 Å². The van der Waals surface area contributed by atoms with Crippen molar-refractivity contribution in [2.45, 2.75) is 18.9 Å². The van der Waals surface area contributed by atoms with Gasteiger partial charge in [0.25, 0.3) is 5.91 Å². The smallest absolute Gasteiger partial charge is 0.270 e. The van der Waals surface area contributed by atoms with E-state index in [-0.39, 0.29) is 5.91 Å². The molecule has 1 aromatic rings. The lowest BCUT2D eigenvalue weighted by Gasteiger charge is -2.29. The molecule has 1 aromatic heterocycles. The minimum Gasteiger partial charge on any atom is -0.348 e. The summed E-state index contributed by atoms with van der Waals surface area (Å²) >= 11 is 2.11. The summed E-state index contributed by atoms with van der Waals surface area (Å²) in [5.74, 6) is -0.0573. The van der Waals surface area contributed by atoms with Gasteiger partial charge in [-0.2, -0.15) is 0 Å². The van der Waals surface area contributed by atoms with Crippen molar-refractivity contribution in [1.82, 2.24) is 15.2 Å². The van der Waals surface area contributed by atoms with Gasteiger partial charge in [-0.15, -0.1) is 0 Å². The zero-order valence-corrected chi connectivity index (χ0v) is 12.0. The Hall–Kier alpha value is -0.690. The first-order chi connectivity index (χ1) is 8.15. The van der Waals surface area contributed by atoms with Gasteiger partial charge in [-0.05, 0) is 67.7 Å². The van der Waals surface area contributed by atoms with Crippen LogP contribution in [0.15, 0.2) is 18.2 Å². The van der Waals surface area contributed by atoms with Gasteiger partial charge in [0.05, 0.1) is 0 Å². The summed E-state index contributed by atoms with van der Waals surface area (Å²) in [6.45, 7) is 2.09. The van der Waals surface area contributed by atoms with Crippen LogP contribution in [-0.4, -0.2) is 42.0 Å². The van der Waals surface area contributed by atoms with E-state index in [9.17, 15) is 4.79 Å². The number of likely N-dealkylation sites (tertiary alicyclic amines) is 1. The summed E-state index contributed by atoms with van der Waals surface area (Å²) in [6.07, 6.45) is 2.04. The van der Waals surface area contributed by atoms with Gasteiger partial charge in [0.15, 0.2) is 0 Å². The molecule has 1 N–H and O–H groups in total. The fraction of sp³-hybridized carbons (Fsp3) is 0.500. The van der Waals surface area contributed by atoms with Gasteiger partial charge in [-0.3, -0.25) is 4.79 Å². The third-order valence-corrected chi connectivity index (χ3v) is 3.60. The fourth-order valence-electron chi connectivity index (χ4n) is 1.95. The molecule has 17 heavy (non-hydrogen) atoms. The highest BCUT2D eigenvalue weighted by molar-refractivity contribution is 14.1. The zero-order chi connectivity index (χ0) is 12.3. The number of halogens is 1. The molecule has 0 atom stereocenters. The molecule has 1 saturated heterocycles. The average Bonchev–Trinajstić information content (AvgIpc) is 2.32. The molecular formula is C12H16IN3O. The van der Waals surface area contributed by atoms with Crippen molar-refractivity contribution in [2.75, 3.05) is 20.1 Å². The van der Waals surface area contributed by atoms with E-state index in [4.69, 9.17) is 0 Å². The minimum atomic E-state index is -0.0573. The number of carbonyl (C=O) groups excluding carboxylic acids is 1. The van der Waals surface area contributed by atoms with Crippen LogP contribution in [0.5, 0.6) is 0 Å². The first kappa shape index (κ1) is 12.8. The van der Waals surface area contributed by atoms with Crippen molar-refractivity contribution < 1.29 is 4.79 Å². The second-order valence-electron chi connectivity index (χ2n) is 4.40. The number of hydrogen-bond acceptors (Lipinski definition) is 3. The molecule has 0 spiro atoms. The molecule has 5 heteroatoms. The van der Waals surface area contributed by atoms with E-state index < -0.39 is 0 Å². The molecule has 1 amide bonds. The molecule has 0 aliphatic carbocycles. The van der Waals surface area contributed by atoms with Gasteiger partial charge in [-0.25, -0.2) is 4.98 Å². The van der Waals surface area contributed by atoms with E-state index in [1.54, 1.807) is 6.07 Å². The monoisotopic (exact) mass is 345 g/mol. The maximum atomic E-state index is 12.0. The van der Waals surface area contributed by atoms with Gasteiger partial charge in [0, 0.05) is 6.04 Å². The highest BCUT2D eigenvalue weighted by Crippen LogP contribution is 2.09. The Kier molecular flexibility index (Phi) is 4.33. The number of aromatic nitrogens is 1. The van der Waals surface area contributed by atoms with E-state index >= 15 is 0 Å². The Morgan fingerprint density at radius 3 is 2.82 bits per heavy atom. The number of amides is 1. The molecule has 2 rings (SSSR count). The minimum absolute atomic E-state index is 0.0573. The molecule has 0 aromatic carbocycles. The van der Waals surface area contributed by atoms with Gasteiger partial charge in [0.2, 0.25) is 0 Å². The quantitative estimate of drug-likeness (QED) is 0.653. The molecule has 0 saturated carbocycles. The van der Waals surface area contributed by atoms with E-state index in [0.717, 1.165) is 29.6 Å². The summed E-state index contributed by atoms with van der Waals surface area (Å²) in [5, 5.41) is 3.05. The van der Waals surface area contributed by atoms with Crippen molar-refractivity contribution in [2.24, 2.45) is 0 Å². The van der Waals surface area contributed by atoms with Crippen LogP contribution in [0.2, 0.25) is 0 Å². The van der Waals surface area contributed by atoms with Crippen molar-refractivity contribution in [1.29, 1.82) is 0 Å². The predicted octanol–water partition coefficient (Wildman–Crippen LogP) is 1.51. The lowest BCUT2D eigenvalue weighted by molar-refractivity contribution is 0.0911. The average molecular weight is 345 g/mol. The highest BCUT2D eigenvalue weighted by Gasteiger charge is 2.19. The normalized spacial score (nSPS) is 18.0. The Labute approximate surface area is 115 Å². The summed E-state index contributed by atoms with van der Waals surface area (Å²) in [5.41, 5.74) is 0.510. The van der Waals surface area contributed by atoms with Crippen LogP contribution in [0.25, 0.3) is 0 Å². The Morgan fingerprint density at radius 2 is 2.18 bits per heavy atom. The van der Waals surface area contributed by atoms with Gasteiger partial charge >= 0.3 is 0 Å².